The summed E-state index contributed by atoms with van der Waals surface area (Å²) in [5.41, 5.74) is 2.10. The Morgan fingerprint density at radius 1 is 1.07 bits per heavy atom. The highest BCUT2D eigenvalue weighted by Gasteiger charge is 2.21. The molecule has 2 N–H and O–H groups in total. The number of likely N-dealkylation sites (tertiary alicyclic amines) is 1. The van der Waals surface area contributed by atoms with Gasteiger partial charge in [0.25, 0.3) is 5.91 Å². The van der Waals surface area contributed by atoms with E-state index in [9.17, 15) is 9.59 Å². The third kappa shape index (κ3) is 5.73. The highest BCUT2D eigenvalue weighted by Crippen LogP contribution is 2.23. The van der Waals surface area contributed by atoms with E-state index in [1.807, 2.05) is 36.1 Å². The molecule has 2 aromatic rings. The molecule has 1 aliphatic heterocycles. The smallest absolute Gasteiger partial charge is 0.253 e. The fourth-order valence-corrected chi connectivity index (χ4v) is 3.37. The molecule has 0 saturated carbocycles. The van der Waals surface area contributed by atoms with Crippen LogP contribution in [0.25, 0.3) is 0 Å². The second-order valence-electron chi connectivity index (χ2n) is 7.38. The Morgan fingerprint density at radius 2 is 1.76 bits per heavy atom. The average Bonchev–Trinajstić information content (AvgIpc) is 2.74. The SMILES string of the molecule is CCOc1ccccc1NCC(=O)Nc1ccc(C(=O)N2CCC(C)CC2)cc1. The van der Waals surface area contributed by atoms with Gasteiger partial charge in [-0.05, 0) is 62.1 Å². The summed E-state index contributed by atoms with van der Waals surface area (Å²) >= 11 is 0. The lowest BCUT2D eigenvalue weighted by molar-refractivity contribution is -0.114. The molecule has 2 amide bonds. The van der Waals surface area contributed by atoms with Crippen LogP contribution in [0.2, 0.25) is 0 Å². The van der Waals surface area contributed by atoms with E-state index in [1.54, 1.807) is 24.3 Å². The van der Waals surface area contributed by atoms with Crippen LogP contribution in [-0.2, 0) is 4.79 Å². The fraction of sp³-hybridized carbons (Fsp3) is 0.391. The number of hydrogen-bond donors (Lipinski definition) is 2. The van der Waals surface area contributed by atoms with Gasteiger partial charge in [0.05, 0.1) is 18.8 Å². The van der Waals surface area contributed by atoms with Gasteiger partial charge in [-0.25, -0.2) is 0 Å². The number of ether oxygens (including phenoxy) is 1. The van der Waals surface area contributed by atoms with E-state index in [4.69, 9.17) is 4.74 Å². The Balaban J connectivity index is 1.52. The summed E-state index contributed by atoms with van der Waals surface area (Å²) in [6.45, 7) is 6.46. The van der Waals surface area contributed by atoms with Crippen LogP contribution in [0.1, 0.15) is 37.0 Å². The average molecular weight is 396 g/mol. The Kier molecular flexibility index (Phi) is 7.11. The molecule has 154 valence electrons. The van der Waals surface area contributed by atoms with Crippen LogP contribution in [0.4, 0.5) is 11.4 Å². The van der Waals surface area contributed by atoms with E-state index in [0.29, 0.717) is 23.8 Å². The van der Waals surface area contributed by atoms with Crippen LogP contribution < -0.4 is 15.4 Å². The number of hydrogen-bond acceptors (Lipinski definition) is 4. The first-order valence-electron chi connectivity index (χ1n) is 10.2. The maximum atomic E-state index is 12.6. The quantitative estimate of drug-likeness (QED) is 0.743. The maximum Gasteiger partial charge on any atom is 0.253 e. The van der Waals surface area contributed by atoms with Gasteiger partial charge in [0.1, 0.15) is 5.75 Å². The van der Waals surface area contributed by atoms with E-state index in [0.717, 1.165) is 37.4 Å². The number of nitrogens with zero attached hydrogens (tertiary/aromatic N) is 1. The van der Waals surface area contributed by atoms with Crippen molar-refractivity contribution in [3.05, 3.63) is 54.1 Å². The molecule has 0 spiro atoms. The monoisotopic (exact) mass is 395 g/mol. The lowest BCUT2D eigenvalue weighted by Crippen LogP contribution is -2.37. The van der Waals surface area contributed by atoms with E-state index in [2.05, 4.69) is 17.6 Å². The van der Waals surface area contributed by atoms with Crippen LogP contribution in [0, 0.1) is 5.92 Å². The summed E-state index contributed by atoms with van der Waals surface area (Å²) < 4.78 is 5.55. The number of benzene rings is 2. The molecule has 0 aromatic heterocycles. The normalized spacial score (nSPS) is 14.3. The molecule has 0 unspecified atom stereocenters. The van der Waals surface area contributed by atoms with E-state index >= 15 is 0 Å². The van der Waals surface area contributed by atoms with Crippen LogP contribution in [0.3, 0.4) is 0 Å². The third-order valence-corrected chi connectivity index (χ3v) is 5.11. The summed E-state index contributed by atoms with van der Waals surface area (Å²) in [6, 6.07) is 14.6. The van der Waals surface area contributed by atoms with Crippen molar-refractivity contribution >= 4 is 23.2 Å². The number of amides is 2. The van der Waals surface area contributed by atoms with Crippen LogP contribution in [-0.4, -0.2) is 43.0 Å². The van der Waals surface area contributed by atoms with Crippen molar-refractivity contribution in [3.63, 3.8) is 0 Å². The van der Waals surface area contributed by atoms with E-state index < -0.39 is 0 Å². The van der Waals surface area contributed by atoms with Gasteiger partial charge in [0.2, 0.25) is 5.91 Å². The molecule has 1 fully saturated rings. The minimum absolute atomic E-state index is 0.0592. The predicted octanol–water partition coefficient (Wildman–Crippen LogP) is 4.01. The number of carbonyl (C=O) groups is 2. The Morgan fingerprint density at radius 3 is 2.45 bits per heavy atom. The predicted molar refractivity (Wildman–Crippen MR) is 115 cm³/mol. The molecule has 1 aliphatic rings. The Hall–Kier alpha value is -3.02. The fourth-order valence-electron chi connectivity index (χ4n) is 3.37. The lowest BCUT2D eigenvalue weighted by atomic mass is 9.98. The maximum absolute atomic E-state index is 12.6. The minimum atomic E-state index is -0.166. The molecule has 6 heteroatoms. The first kappa shape index (κ1) is 20.7. The number of anilines is 2. The van der Waals surface area contributed by atoms with Crippen molar-refractivity contribution in [1.29, 1.82) is 0 Å². The molecule has 6 nitrogen and oxygen atoms in total. The summed E-state index contributed by atoms with van der Waals surface area (Å²) in [4.78, 5) is 26.8. The van der Waals surface area contributed by atoms with Crippen molar-refractivity contribution in [2.24, 2.45) is 5.92 Å². The van der Waals surface area contributed by atoms with Gasteiger partial charge < -0.3 is 20.3 Å². The zero-order chi connectivity index (χ0) is 20.6. The van der Waals surface area contributed by atoms with Gasteiger partial charge in [-0.3, -0.25) is 9.59 Å². The van der Waals surface area contributed by atoms with Crippen molar-refractivity contribution in [2.75, 3.05) is 36.9 Å². The zero-order valence-electron chi connectivity index (χ0n) is 17.1. The highest BCUT2D eigenvalue weighted by molar-refractivity contribution is 5.96. The molecule has 0 atom stereocenters. The van der Waals surface area contributed by atoms with E-state index in [1.165, 1.54) is 0 Å². The van der Waals surface area contributed by atoms with Gasteiger partial charge in [-0.15, -0.1) is 0 Å². The molecule has 0 bridgehead atoms. The van der Waals surface area contributed by atoms with Crippen LogP contribution >= 0.6 is 0 Å². The van der Waals surface area contributed by atoms with Crippen molar-refractivity contribution in [2.45, 2.75) is 26.7 Å². The Labute approximate surface area is 172 Å². The molecule has 2 aromatic carbocycles. The second kappa shape index (κ2) is 9.96. The van der Waals surface area contributed by atoms with Gasteiger partial charge in [0, 0.05) is 24.3 Å². The molecule has 0 aliphatic carbocycles. The highest BCUT2D eigenvalue weighted by atomic mass is 16.5. The third-order valence-electron chi connectivity index (χ3n) is 5.11. The number of nitrogens with one attached hydrogen (secondary N) is 2. The molecule has 0 radical (unpaired) electrons. The second-order valence-corrected chi connectivity index (χ2v) is 7.38. The lowest BCUT2D eigenvalue weighted by Gasteiger charge is -2.30. The van der Waals surface area contributed by atoms with Gasteiger partial charge in [-0.2, -0.15) is 0 Å². The van der Waals surface area contributed by atoms with E-state index in [-0.39, 0.29) is 18.4 Å². The number of carbonyl (C=O) groups excluding carboxylic acids is 2. The summed E-state index contributed by atoms with van der Waals surface area (Å²) in [6.07, 6.45) is 2.11. The summed E-state index contributed by atoms with van der Waals surface area (Å²) in [7, 11) is 0. The van der Waals surface area contributed by atoms with Crippen LogP contribution in [0.15, 0.2) is 48.5 Å². The van der Waals surface area contributed by atoms with Gasteiger partial charge in [-0.1, -0.05) is 19.1 Å². The Bertz CT molecular complexity index is 828. The molecular weight excluding hydrogens is 366 g/mol. The van der Waals surface area contributed by atoms with Crippen molar-refractivity contribution in [1.82, 2.24) is 4.90 Å². The zero-order valence-corrected chi connectivity index (χ0v) is 17.1. The number of para-hydroxylation sites is 2. The number of piperidine rings is 1. The first-order valence-corrected chi connectivity index (χ1v) is 10.2. The van der Waals surface area contributed by atoms with Crippen molar-refractivity contribution < 1.29 is 14.3 Å². The topological polar surface area (TPSA) is 70.7 Å². The molecule has 1 heterocycles. The molecular formula is C23H29N3O3. The largest absolute Gasteiger partial charge is 0.492 e. The first-order chi connectivity index (χ1) is 14.1. The molecule has 3 rings (SSSR count). The van der Waals surface area contributed by atoms with Crippen LogP contribution in [0.5, 0.6) is 5.75 Å². The van der Waals surface area contributed by atoms with Crippen molar-refractivity contribution in [3.8, 4) is 5.75 Å². The summed E-state index contributed by atoms with van der Waals surface area (Å²) in [5.74, 6) is 1.30. The molecule has 29 heavy (non-hydrogen) atoms. The van der Waals surface area contributed by atoms with Gasteiger partial charge in [0.15, 0.2) is 0 Å². The van der Waals surface area contributed by atoms with Gasteiger partial charge >= 0.3 is 0 Å². The standard InChI is InChI=1S/C23H29N3O3/c1-3-29-21-7-5-4-6-20(21)24-16-22(27)25-19-10-8-18(9-11-19)23(28)26-14-12-17(2)13-15-26/h4-11,17,24H,3,12-16H2,1-2H3,(H,25,27). The summed E-state index contributed by atoms with van der Waals surface area (Å²) in [5, 5.41) is 5.94. The minimum Gasteiger partial charge on any atom is -0.492 e. The molecule has 1 saturated heterocycles. The number of rotatable bonds is 7.